The molecule has 0 saturated heterocycles. The third-order valence-corrected chi connectivity index (χ3v) is 4.31. The van der Waals surface area contributed by atoms with Gasteiger partial charge < -0.3 is 14.5 Å². The van der Waals surface area contributed by atoms with E-state index in [9.17, 15) is 4.79 Å². The number of carbonyl (C=O) groups excluding carboxylic acids is 1. The quantitative estimate of drug-likeness (QED) is 0.742. The third kappa shape index (κ3) is 4.02. The van der Waals surface area contributed by atoms with Crippen LogP contribution >= 0.6 is 11.3 Å². The van der Waals surface area contributed by atoms with Gasteiger partial charge in [0.1, 0.15) is 5.75 Å². The SMILES string of the molecule is CC(Oc1ccccc1)C(=O)NCc1cc(-c2ccoc2)cs1. The van der Waals surface area contributed by atoms with Crippen LogP contribution in [0.2, 0.25) is 0 Å². The van der Waals surface area contributed by atoms with Crippen molar-refractivity contribution in [2.45, 2.75) is 19.6 Å². The van der Waals surface area contributed by atoms with Gasteiger partial charge in [0.05, 0.1) is 19.1 Å². The van der Waals surface area contributed by atoms with Crippen LogP contribution in [0.25, 0.3) is 11.1 Å². The van der Waals surface area contributed by atoms with Crippen molar-refractivity contribution in [2.75, 3.05) is 0 Å². The molecule has 3 rings (SSSR count). The maximum Gasteiger partial charge on any atom is 0.261 e. The first-order chi connectivity index (χ1) is 11.2. The lowest BCUT2D eigenvalue weighted by Gasteiger charge is -2.14. The normalized spacial score (nSPS) is 11.9. The van der Waals surface area contributed by atoms with E-state index in [1.165, 1.54) is 0 Å². The first-order valence-corrected chi connectivity index (χ1v) is 8.20. The molecule has 0 bridgehead atoms. The molecule has 0 aliphatic heterocycles. The van der Waals surface area contributed by atoms with Gasteiger partial charge in [0.15, 0.2) is 6.10 Å². The van der Waals surface area contributed by atoms with Crippen LogP contribution in [0.3, 0.4) is 0 Å². The van der Waals surface area contributed by atoms with Crippen molar-refractivity contribution in [2.24, 2.45) is 0 Å². The van der Waals surface area contributed by atoms with Gasteiger partial charge in [-0.2, -0.15) is 0 Å². The van der Waals surface area contributed by atoms with Gasteiger partial charge in [-0.15, -0.1) is 11.3 Å². The molecule has 118 valence electrons. The van der Waals surface area contributed by atoms with Crippen LogP contribution < -0.4 is 10.1 Å². The molecular formula is C18H17NO3S. The van der Waals surface area contributed by atoms with E-state index in [0.717, 1.165) is 16.0 Å². The molecule has 0 aliphatic rings. The highest BCUT2D eigenvalue weighted by Gasteiger charge is 2.14. The second-order valence-electron chi connectivity index (χ2n) is 5.10. The van der Waals surface area contributed by atoms with Crippen LogP contribution in [0, 0.1) is 0 Å². The largest absolute Gasteiger partial charge is 0.481 e. The average Bonchev–Trinajstić information content (AvgIpc) is 3.24. The molecule has 2 heterocycles. The van der Waals surface area contributed by atoms with Gasteiger partial charge in [0.2, 0.25) is 0 Å². The molecule has 1 unspecified atom stereocenters. The Morgan fingerprint density at radius 3 is 2.83 bits per heavy atom. The number of thiophene rings is 1. The standard InChI is InChI=1S/C18H17NO3S/c1-13(22-16-5-3-2-4-6-16)18(20)19-10-17-9-15(12-23-17)14-7-8-21-11-14/h2-9,11-13H,10H2,1H3,(H,19,20). The molecule has 0 fully saturated rings. The number of para-hydroxylation sites is 1. The first kappa shape index (κ1) is 15.4. The molecule has 0 saturated carbocycles. The number of amides is 1. The van der Waals surface area contributed by atoms with Crippen molar-refractivity contribution >= 4 is 17.2 Å². The Bertz CT molecular complexity index is 750. The highest BCUT2D eigenvalue weighted by molar-refractivity contribution is 7.10. The van der Waals surface area contributed by atoms with E-state index < -0.39 is 6.10 Å². The zero-order valence-corrected chi connectivity index (χ0v) is 13.5. The van der Waals surface area contributed by atoms with E-state index in [4.69, 9.17) is 9.15 Å². The minimum absolute atomic E-state index is 0.132. The van der Waals surface area contributed by atoms with Crippen LogP contribution in [0.1, 0.15) is 11.8 Å². The Hall–Kier alpha value is -2.53. The smallest absolute Gasteiger partial charge is 0.261 e. The van der Waals surface area contributed by atoms with E-state index in [-0.39, 0.29) is 5.91 Å². The number of hydrogen-bond donors (Lipinski definition) is 1. The predicted molar refractivity (Wildman–Crippen MR) is 90.4 cm³/mol. The van der Waals surface area contributed by atoms with Crippen molar-refractivity contribution in [3.05, 3.63) is 65.2 Å². The molecule has 1 aromatic carbocycles. The Morgan fingerprint density at radius 2 is 2.09 bits per heavy atom. The van der Waals surface area contributed by atoms with Crippen molar-refractivity contribution in [1.82, 2.24) is 5.32 Å². The number of hydrogen-bond acceptors (Lipinski definition) is 4. The molecule has 3 aromatic rings. The fourth-order valence-corrected chi connectivity index (χ4v) is 2.96. The zero-order chi connectivity index (χ0) is 16.1. The van der Waals surface area contributed by atoms with E-state index in [2.05, 4.69) is 16.8 Å². The Labute approximate surface area is 138 Å². The second-order valence-corrected chi connectivity index (χ2v) is 6.10. The number of furan rings is 1. The van der Waals surface area contributed by atoms with Crippen molar-refractivity contribution < 1.29 is 13.9 Å². The summed E-state index contributed by atoms with van der Waals surface area (Å²) in [7, 11) is 0. The fourth-order valence-electron chi connectivity index (χ4n) is 2.13. The van der Waals surface area contributed by atoms with Gasteiger partial charge in [-0.25, -0.2) is 0 Å². The maximum absolute atomic E-state index is 12.1. The monoisotopic (exact) mass is 327 g/mol. The highest BCUT2D eigenvalue weighted by Crippen LogP contribution is 2.25. The maximum atomic E-state index is 12.1. The Balaban J connectivity index is 1.52. The molecule has 0 radical (unpaired) electrons. The predicted octanol–water partition coefficient (Wildman–Crippen LogP) is 4.09. The summed E-state index contributed by atoms with van der Waals surface area (Å²) in [6.45, 7) is 2.23. The highest BCUT2D eigenvalue weighted by atomic mass is 32.1. The lowest BCUT2D eigenvalue weighted by atomic mass is 10.2. The first-order valence-electron chi connectivity index (χ1n) is 7.32. The second kappa shape index (κ2) is 7.15. The Kier molecular flexibility index (Phi) is 4.78. The fraction of sp³-hybridized carbons (Fsp3) is 0.167. The molecule has 0 spiro atoms. The van der Waals surface area contributed by atoms with Crippen LogP contribution in [0.4, 0.5) is 0 Å². The minimum atomic E-state index is -0.536. The van der Waals surface area contributed by atoms with Gasteiger partial charge in [0, 0.05) is 10.4 Å². The van der Waals surface area contributed by atoms with E-state index >= 15 is 0 Å². The summed E-state index contributed by atoms with van der Waals surface area (Å²) < 4.78 is 10.7. The minimum Gasteiger partial charge on any atom is -0.481 e. The van der Waals surface area contributed by atoms with Crippen LogP contribution in [0.5, 0.6) is 5.75 Å². The molecule has 5 heteroatoms. The molecule has 4 nitrogen and oxygen atoms in total. The third-order valence-electron chi connectivity index (χ3n) is 3.37. The van der Waals surface area contributed by atoms with Gasteiger partial charge in [0.25, 0.3) is 5.91 Å². The van der Waals surface area contributed by atoms with Gasteiger partial charge in [-0.1, -0.05) is 18.2 Å². The Morgan fingerprint density at radius 1 is 1.26 bits per heavy atom. The summed E-state index contributed by atoms with van der Waals surface area (Å²) in [6, 6.07) is 13.3. The summed E-state index contributed by atoms with van der Waals surface area (Å²) in [5.74, 6) is 0.556. The number of benzene rings is 1. The van der Waals surface area contributed by atoms with E-state index in [1.807, 2.05) is 36.4 Å². The van der Waals surface area contributed by atoms with E-state index in [0.29, 0.717) is 12.3 Å². The molecule has 2 aromatic heterocycles. The van der Waals surface area contributed by atoms with Crippen LogP contribution in [-0.2, 0) is 11.3 Å². The van der Waals surface area contributed by atoms with Gasteiger partial charge >= 0.3 is 0 Å². The summed E-state index contributed by atoms with van der Waals surface area (Å²) in [4.78, 5) is 13.2. The van der Waals surface area contributed by atoms with Crippen LogP contribution in [-0.4, -0.2) is 12.0 Å². The summed E-state index contributed by atoms with van der Waals surface area (Å²) >= 11 is 1.61. The average molecular weight is 327 g/mol. The lowest BCUT2D eigenvalue weighted by Crippen LogP contribution is -2.35. The number of ether oxygens (including phenoxy) is 1. The molecular weight excluding hydrogens is 310 g/mol. The van der Waals surface area contributed by atoms with Gasteiger partial charge in [-0.05, 0) is 42.1 Å². The topological polar surface area (TPSA) is 51.5 Å². The number of rotatable bonds is 6. The van der Waals surface area contributed by atoms with E-state index in [1.54, 1.807) is 30.8 Å². The zero-order valence-electron chi connectivity index (χ0n) is 12.7. The number of nitrogens with one attached hydrogen (secondary N) is 1. The molecule has 23 heavy (non-hydrogen) atoms. The van der Waals surface area contributed by atoms with Crippen molar-refractivity contribution in [3.8, 4) is 16.9 Å². The number of carbonyl (C=O) groups is 1. The van der Waals surface area contributed by atoms with Crippen LogP contribution in [0.15, 0.2) is 64.8 Å². The van der Waals surface area contributed by atoms with Crippen molar-refractivity contribution in [3.63, 3.8) is 0 Å². The molecule has 1 amide bonds. The summed E-state index contributed by atoms with van der Waals surface area (Å²) in [6.07, 6.45) is 2.82. The lowest BCUT2D eigenvalue weighted by molar-refractivity contribution is -0.127. The molecule has 0 aliphatic carbocycles. The summed E-state index contributed by atoms with van der Waals surface area (Å²) in [5, 5.41) is 4.95. The van der Waals surface area contributed by atoms with Crippen molar-refractivity contribution in [1.29, 1.82) is 0 Å². The van der Waals surface area contributed by atoms with Gasteiger partial charge in [-0.3, -0.25) is 4.79 Å². The molecule has 1 atom stereocenters. The summed E-state index contributed by atoms with van der Waals surface area (Å²) in [5.41, 5.74) is 2.14. The molecule has 1 N–H and O–H groups in total.